The average molecular weight is 274 g/mol. The molecule has 1 amide bonds. The number of rotatable bonds is 4. The van der Waals surface area contributed by atoms with Crippen molar-refractivity contribution in [1.82, 2.24) is 9.62 Å². The van der Waals surface area contributed by atoms with Crippen LogP contribution in [0.15, 0.2) is 11.6 Å². The van der Waals surface area contributed by atoms with E-state index in [9.17, 15) is 13.2 Å². The highest BCUT2D eigenvalue weighted by Gasteiger charge is 2.25. The van der Waals surface area contributed by atoms with Crippen molar-refractivity contribution in [2.75, 3.05) is 19.3 Å². The van der Waals surface area contributed by atoms with E-state index < -0.39 is 10.0 Å². The summed E-state index contributed by atoms with van der Waals surface area (Å²) in [6.45, 7) is 4.76. The van der Waals surface area contributed by atoms with Gasteiger partial charge in [-0.05, 0) is 26.2 Å². The molecule has 5 nitrogen and oxygen atoms in total. The SMILES string of the molecule is CC/C=C(\C)C(=O)NC1CCN(S(C)(=O)=O)CC1. The summed E-state index contributed by atoms with van der Waals surface area (Å²) in [7, 11) is -3.09. The van der Waals surface area contributed by atoms with E-state index >= 15 is 0 Å². The lowest BCUT2D eigenvalue weighted by molar-refractivity contribution is -0.118. The molecule has 1 aliphatic heterocycles. The second kappa shape index (κ2) is 6.33. The molecule has 1 saturated heterocycles. The van der Waals surface area contributed by atoms with Crippen LogP contribution in [0.1, 0.15) is 33.1 Å². The molecule has 1 aliphatic rings. The Bertz CT molecular complexity index is 421. The zero-order valence-electron chi connectivity index (χ0n) is 11.3. The molecule has 1 heterocycles. The lowest BCUT2D eigenvalue weighted by Crippen LogP contribution is -2.46. The molecule has 1 N–H and O–H groups in total. The first-order valence-corrected chi connectivity index (χ1v) is 8.12. The number of carbonyl (C=O) groups excluding carboxylic acids is 1. The smallest absolute Gasteiger partial charge is 0.246 e. The first kappa shape index (κ1) is 15.2. The van der Waals surface area contributed by atoms with Gasteiger partial charge in [-0.25, -0.2) is 12.7 Å². The van der Waals surface area contributed by atoms with E-state index in [1.165, 1.54) is 10.6 Å². The molecular formula is C12H22N2O3S. The van der Waals surface area contributed by atoms with E-state index in [0.717, 1.165) is 12.0 Å². The zero-order chi connectivity index (χ0) is 13.8. The maximum Gasteiger partial charge on any atom is 0.246 e. The molecule has 0 bridgehead atoms. The van der Waals surface area contributed by atoms with Crippen molar-refractivity contribution in [1.29, 1.82) is 0 Å². The first-order valence-electron chi connectivity index (χ1n) is 6.27. The standard InChI is InChI=1S/C12H22N2O3S/c1-4-5-10(2)12(15)13-11-6-8-14(9-7-11)18(3,16)17/h5,11H,4,6-9H2,1-3H3,(H,13,15)/b10-5+. The van der Waals surface area contributed by atoms with Crippen LogP contribution >= 0.6 is 0 Å². The molecule has 0 aromatic rings. The van der Waals surface area contributed by atoms with Crippen LogP contribution < -0.4 is 5.32 Å². The average Bonchev–Trinajstić information content (AvgIpc) is 2.28. The molecule has 0 spiro atoms. The van der Waals surface area contributed by atoms with Crippen LogP contribution in [0.25, 0.3) is 0 Å². The van der Waals surface area contributed by atoms with Crippen molar-refractivity contribution >= 4 is 15.9 Å². The first-order chi connectivity index (χ1) is 8.34. The molecule has 0 radical (unpaired) electrons. The normalized spacial score (nSPS) is 19.8. The van der Waals surface area contributed by atoms with Crippen molar-refractivity contribution in [3.05, 3.63) is 11.6 Å². The molecule has 104 valence electrons. The van der Waals surface area contributed by atoms with Gasteiger partial charge in [0.2, 0.25) is 15.9 Å². The van der Waals surface area contributed by atoms with Gasteiger partial charge in [0.05, 0.1) is 6.26 Å². The predicted octanol–water partition coefficient (Wildman–Crippen LogP) is 0.883. The van der Waals surface area contributed by atoms with Gasteiger partial charge in [-0.3, -0.25) is 4.79 Å². The Kier molecular flexibility index (Phi) is 5.34. The number of nitrogens with zero attached hydrogens (tertiary/aromatic N) is 1. The van der Waals surface area contributed by atoms with Gasteiger partial charge in [0.25, 0.3) is 0 Å². The summed E-state index contributed by atoms with van der Waals surface area (Å²) in [5, 5.41) is 2.95. The van der Waals surface area contributed by atoms with Crippen LogP contribution in [0.2, 0.25) is 0 Å². The number of hydrogen-bond donors (Lipinski definition) is 1. The number of carbonyl (C=O) groups is 1. The Hall–Kier alpha value is -0.880. The molecule has 0 unspecified atom stereocenters. The van der Waals surface area contributed by atoms with E-state index in [-0.39, 0.29) is 11.9 Å². The largest absolute Gasteiger partial charge is 0.350 e. The summed E-state index contributed by atoms with van der Waals surface area (Å²) in [5.74, 6) is -0.0466. The Morgan fingerprint density at radius 1 is 1.39 bits per heavy atom. The topological polar surface area (TPSA) is 66.5 Å². The van der Waals surface area contributed by atoms with Gasteiger partial charge >= 0.3 is 0 Å². The third kappa shape index (κ3) is 4.42. The Balaban J connectivity index is 2.45. The molecule has 1 rings (SSSR count). The predicted molar refractivity (Wildman–Crippen MR) is 71.6 cm³/mol. The highest BCUT2D eigenvalue weighted by Crippen LogP contribution is 2.13. The maximum absolute atomic E-state index is 11.8. The Labute approximate surface area is 109 Å². The Morgan fingerprint density at radius 2 is 1.94 bits per heavy atom. The molecule has 6 heteroatoms. The zero-order valence-corrected chi connectivity index (χ0v) is 12.1. The molecule has 0 aliphatic carbocycles. The van der Waals surface area contributed by atoms with Crippen molar-refractivity contribution in [2.45, 2.75) is 39.2 Å². The van der Waals surface area contributed by atoms with E-state index in [0.29, 0.717) is 25.9 Å². The molecule has 18 heavy (non-hydrogen) atoms. The van der Waals surface area contributed by atoms with Crippen LogP contribution in [0.3, 0.4) is 0 Å². The number of amides is 1. The summed E-state index contributed by atoms with van der Waals surface area (Å²) in [6.07, 6.45) is 5.31. The third-order valence-corrected chi connectivity index (χ3v) is 4.43. The number of sulfonamides is 1. The third-order valence-electron chi connectivity index (χ3n) is 3.13. The van der Waals surface area contributed by atoms with E-state index in [4.69, 9.17) is 0 Å². The van der Waals surface area contributed by atoms with Gasteiger partial charge < -0.3 is 5.32 Å². The minimum absolute atomic E-state index is 0.0466. The summed E-state index contributed by atoms with van der Waals surface area (Å²) in [6, 6.07) is 0.0794. The highest BCUT2D eigenvalue weighted by atomic mass is 32.2. The van der Waals surface area contributed by atoms with Crippen molar-refractivity contribution in [3.63, 3.8) is 0 Å². The van der Waals surface area contributed by atoms with E-state index in [2.05, 4.69) is 5.32 Å². The van der Waals surface area contributed by atoms with Gasteiger partial charge in [0.1, 0.15) is 0 Å². The second-order valence-corrected chi connectivity index (χ2v) is 6.69. The maximum atomic E-state index is 11.8. The molecular weight excluding hydrogens is 252 g/mol. The molecule has 0 aromatic heterocycles. The highest BCUT2D eigenvalue weighted by molar-refractivity contribution is 7.88. The molecule has 0 aromatic carbocycles. The summed E-state index contributed by atoms with van der Waals surface area (Å²) >= 11 is 0. The van der Waals surface area contributed by atoms with Gasteiger partial charge in [-0.1, -0.05) is 13.0 Å². The van der Waals surface area contributed by atoms with Gasteiger partial charge in [0.15, 0.2) is 0 Å². The summed E-state index contributed by atoms with van der Waals surface area (Å²) in [5.41, 5.74) is 0.725. The lowest BCUT2D eigenvalue weighted by Gasteiger charge is -2.30. The number of nitrogens with one attached hydrogen (secondary N) is 1. The van der Waals surface area contributed by atoms with Gasteiger partial charge in [-0.2, -0.15) is 0 Å². The Morgan fingerprint density at radius 3 is 2.39 bits per heavy atom. The number of hydrogen-bond acceptors (Lipinski definition) is 3. The van der Waals surface area contributed by atoms with Crippen LogP contribution in [-0.2, 0) is 14.8 Å². The minimum atomic E-state index is -3.09. The van der Waals surface area contributed by atoms with E-state index in [1.807, 2.05) is 13.0 Å². The summed E-state index contributed by atoms with van der Waals surface area (Å²) in [4.78, 5) is 11.8. The number of allylic oxidation sites excluding steroid dienone is 1. The van der Waals surface area contributed by atoms with Crippen LogP contribution in [-0.4, -0.2) is 44.0 Å². The van der Waals surface area contributed by atoms with Crippen LogP contribution in [0, 0.1) is 0 Å². The van der Waals surface area contributed by atoms with Crippen molar-refractivity contribution < 1.29 is 13.2 Å². The minimum Gasteiger partial charge on any atom is -0.350 e. The van der Waals surface area contributed by atoms with Gasteiger partial charge in [-0.15, -0.1) is 0 Å². The fraction of sp³-hybridized carbons (Fsp3) is 0.750. The quantitative estimate of drug-likeness (QED) is 0.774. The number of piperidine rings is 1. The van der Waals surface area contributed by atoms with Crippen molar-refractivity contribution in [2.24, 2.45) is 0 Å². The summed E-state index contributed by atoms with van der Waals surface area (Å²) < 4.78 is 24.1. The lowest BCUT2D eigenvalue weighted by atomic mass is 10.1. The fourth-order valence-electron chi connectivity index (χ4n) is 2.03. The van der Waals surface area contributed by atoms with Gasteiger partial charge in [0, 0.05) is 24.7 Å². The van der Waals surface area contributed by atoms with Crippen molar-refractivity contribution in [3.8, 4) is 0 Å². The molecule has 0 atom stereocenters. The monoisotopic (exact) mass is 274 g/mol. The molecule has 1 fully saturated rings. The van der Waals surface area contributed by atoms with Crippen LogP contribution in [0.4, 0.5) is 0 Å². The molecule has 0 saturated carbocycles. The van der Waals surface area contributed by atoms with E-state index in [1.54, 1.807) is 6.92 Å². The fourth-order valence-corrected chi connectivity index (χ4v) is 2.90. The van der Waals surface area contributed by atoms with Crippen LogP contribution in [0.5, 0.6) is 0 Å². The second-order valence-electron chi connectivity index (χ2n) is 4.71.